The number of pyridine rings is 4. The van der Waals surface area contributed by atoms with Crippen LogP contribution in [0.5, 0.6) is 11.5 Å². The fourth-order valence-corrected chi connectivity index (χ4v) is 8.23. The van der Waals surface area contributed by atoms with E-state index in [-0.39, 0.29) is 43.1 Å². The second kappa shape index (κ2) is 27.7. The molecular weight excluding hydrogens is 876 g/mol. The Bertz CT molecular complexity index is 2400. The molecule has 14 nitrogen and oxygen atoms in total. The number of fused-ring (bicyclic) bond motifs is 1. The summed E-state index contributed by atoms with van der Waals surface area (Å²) < 4.78 is 17.9. The molecule has 0 aliphatic heterocycles. The zero-order valence-electron chi connectivity index (χ0n) is 43.7. The number of carbonyl (C=O) groups excluding carboxylic acids is 3. The van der Waals surface area contributed by atoms with Crippen molar-refractivity contribution in [3.05, 3.63) is 96.8 Å². The molecule has 0 bridgehead atoms. The van der Waals surface area contributed by atoms with Gasteiger partial charge in [0.2, 0.25) is 11.8 Å². The fourth-order valence-electron chi connectivity index (χ4n) is 8.23. The topological polar surface area (TPSA) is 171 Å². The first-order valence-corrected chi connectivity index (χ1v) is 24.8. The minimum atomic E-state index is -0.500. The van der Waals surface area contributed by atoms with Crippen molar-refractivity contribution in [1.29, 1.82) is 0 Å². The van der Waals surface area contributed by atoms with Gasteiger partial charge in [-0.15, -0.1) is 5.69 Å². The van der Waals surface area contributed by atoms with E-state index in [4.69, 9.17) is 19.2 Å². The molecule has 2 fully saturated rings. The van der Waals surface area contributed by atoms with E-state index < -0.39 is 10.8 Å². The number of hydrogen-bond acceptors (Lipinski definition) is 11. The van der Waals surface area contributed by atoms with E-state index in [1.807, 2.05) is 85.7 Å². The Hall–Kier alpha value is -5.58. The predicted molar refractivity (Wildman–Crippen MR) is 276 cm³/mol. The molecule has 5 aromatic rings. The average molecular weight is 953 g/mol. The molecule has 0 spiro atoms. The maximum atomic E-state index is 12.5. The Morgan fingerprint density at radius 2 is 1.26 bits per heavy atom. The van der Waals surface area contributed by atoms with E-state index >= 15 is 0 Å². The van der Waals surface area contributed by atoms with Crippen LogP contribution in [0, 0.1) is 29.6 Å². The number of carbonyl (C=O) groups is 3. The third kappa shape index (κ3) is 18.3. The maximum absolute atomic E-state index is 12.5. The summed E-state index contributed by atoms with van der Waals surface area (Å²) in [6.07, 6.45) is 20.6. The summed E-state index contributed by atoms with van der Waals surface area (Å²) in [5, 5.41) is 10.3. The number of rotatable bonds is 15. The van der Waals surface area contributed by atoms with Gasteiger partial charge in [0, 0.05) is 52.7 Å². The molecule has 3 N–H and O–H groups in total. The molecule has 0 radical (unpaired) electrons. The largest absolute Gasteiger partial charge is 1.00 e. The average Bonchev–Trinajstić information content (AvgIpc) is 3.65. The maximum Gasteiger partial charge on any atom is 1.00 e. The molecule has 7 rings (SSSR count). The Morgan fingerprint density at radius 3 is 1.79 bits per heavy atom. The molecular formula is C55H77LiN8O6. The predicted octanol–water partition coefficient (Wildman–Crippen LogP) is 8.43. The first-order valence-electron chi connectivity index (χ1n) is 24.8. The van der Waals surface area contributed by atoms with Gasteiger partial charge >= 0.3 is 24.8 Å². The van der Waals surface area contributed by atoms with E-state index in [9.17, 15) is 14.4 Å². The summed E-state index contributed by atoms with van der Waals surface area (Å²) in [4.78, 5) is 54.2. The molecule has 0 unspecified atom stereocenters. The van der Waals surface area contributed by atoms with Gasteiger partial charge in [-0.05, 0) is 81.7 Å². The van der Waals surface area contributed by atoms with Gasteiger partial charge in [0.25, 0.3) is 0 Å². The van der Waals surface area contributed by atoms with Gasteiger partial charge in [0.1, 0.15) is 23.0 Å². The molecule has 5 heterocycles. The van der Waals surface area contributed by atoms with Gasteiger partial charge in [0.05, 0.1) is 62.9 Å². The second-order valence-corrected chi connectivity index (χ2v) is 20.2. The summed E-state index contributed by atoms with van der Waals surface area (Å²) >= 11 is 0. The molecule has 374 valence electrons. The van der Waals surface area contributed by atoms with Crippen LogP contribution in [0.25, 0.3) is 11.0 Å². The third-order valence-electron chi connectivity index (χ3n) is 12.3. The standard InChI is InChI=1S/C27H36N4O2.C20H31N3O3.C8H10NO.Li/c1-5-33-24-12-11-21(28-17-24)15-23-14-20-13-22(30-26(32)27(2,3)4)16-29-25(20)31(23)18-19-9-7-6-8-10-19;1-20(2,3)19(25)23-16-10-15(11-17(24)26-4)18(22-13-16)21-12-14-8-6-5-7-9-14;1-3-10-8-5-4-7(2)9-6-8;/h11-14,16-17,19H,5-10,15,18H2,1-4H3,(H,30,32);10,13-14H,5-9,11-12H2,1-4H3,(H,21,22)(H,23,25);4-6H,2-3H2,1H3;/q;;-1;+1. The summed E-state index contributed by atoms with van der Waals surface area (Å²) in [5.41, 5.74) is 5.08. The van der Waals surface area contributed by atoms with Crippen LogP contribution in [0.1, 0.15) is 142 Å². The van der Waals surface area contributed by atoms with E-state index in [1.54, 1.807) is 30.9 Å². The Balaban J connectivity index is 0.000000256. The minimum Gasteiger partial charge on any atom is -0.494 e. The van der Waals surface area contributed by atoms with Crippen LogP contribution in [0.15, 0.2) is 67.3 Å². The van der Waals surface area contributed by atoms with Crippen LogP contribution < -0.4 is 44.3 Å². The zero-order valence-corrected chi connectivity index (χ0v) is 43.7. The first-order chi connectivity index (χ1) is 32.9. The fraction of sp³-hybridized carbons (Fsp3) is 0.527. The van der Waals surface area contributed by atoms with E-state index in [1.165, 1.54) is 77.0 Å². The molecule has 2 aliphatic rings. The van der Waals surface area contributed by atoms with E-state index in [2.05, 4.69) is 48.5 Å². The number of nitrogens with one attached hydrogen (secondary N) is 3. The van der Waals surface area contributed by atoms with Crippen molar-refractivity contribution in [1.82, 2.24) is 24.5 Å². The second-order valence-electron chi connectivity index (χ2n) is 20.2. The van der Waals surface area contributed by atoms with Crippen LogP contribution in [-0.2, 0) is 38.5 Å². The van der Waals surface area contributed by atoms with Crippen molar-refractivity contribution in [2.24, 2.45) is 22.7 Å². The number of ether oxygens (including phenoxy) is 3. The van der Waals surface area contributed by atoms with Gasteiger partial charge in [-0.25, -0.2) is 16.9 Å². The molecule has 2 aliphatic carbocycles. The third-order valence-corrected chi connectivity index (χ3v) is 12.3. The van der Waals surface area contributed by atoms with Crippen LogP contribution in [-0.4, -0.2) is 69.2 Å². The summed E-state index contributed by atoms with van der Waals surface area (Å²) in [6, 6.07) is 13.8. The van der Waals surface area contributed by atoms with Gasteiger partial charge < -0.3 is 34.7 Å². The molecule has 0 atom stereocenters. The number of methoxy groups -OCH3 is 1. The van der Waals surface area contributed by atoms with Crippen LogP contribution in [0.4, 0.5) is 17.2 Å². The molecule has 70 heavy (non-hydrogen) atoms. The van der Waals surface area contributed by atoms with Crippen LogP contribution in [0.2, 0.25) is 0 Å². The van der Waals surface area contributed by atoms with Crippen molar-refractivity contribution >= 4 is 46.0 Å². The molecule has 5 aromatic heterocycles. The van der Waals surface area contributed by atoms with Crippen molar-refractivity contribution < 1.29 is 47.5 Å². The number of amides is 2. The Kier molecular flexibility index (Phi) is 22.6. The number of aromatic nitrogens is 5. The van der Waals surface area contributed by atoms with E-state index in [0.29, 0.717) is 36.6 Å². The van der Waals surface area contributed by atoms with E-state index in [0.717, 1.165) is 64.7 Å². The molecule has 0 aromatic carbocycles. The van der Waals surface area contributed by atoms with Gasteiger partial charge in [-0.2, -0.15) is 6.07 Å². The Morgan fingerprint density at radius 1 is 0.700 bits per heavy atom. The van der Waals surface area contributed by atoms with Gasteiger partial charge in [-0.1, -0.05) is 86.1 Å². The summed E-state index contributed by atoms with van der Waals surface area (Å²) in [6.45, 7) is 22.0. The molecule has 0 saturated heterocycles. The van der Waals surface area contributed by atoms with Crippen molar-refractivity contribution in [2.75, 3.05) is 42.8 Å². The molecule has 2 amide bonds. The van der Waals surface area contributed by atoms with Gasteiger partial charge in [0.15, 0.2) is 0 Å². The van der Waals surface area contributed by atoms with Crippen molar-refractivity contribution in [3.63, 3.8) is 0 Å². The first kappa shape index (κ1) is 57.0. The normalized spacial score (nSPS) is 14.1. The smallest absolute Gasteiger partial charge is 0.494 e. The SMILES string of the molecule is CCOc1ccc(Cc2cc3cc(NC(=O)C(C)(C)C)cnc3n2CC2CCCCC2)nc1.COC(=O)Cc1cc(NC(=O)C(C)(C)C)cnc1NCC1CCCCC1.[CH2-]c1ccc(OCC)cn1.[Li+]. The van der Waals surface area contributed by atoms with Crippen LogP contribution in [0.3, 0.4) is 0 Å². The summed E-state index contributed by atoms with van der Waals surface area (Å²) in [7, 11) is 1.37. The quantitative estimate of drug-likeness (QED) is 0.0523. The number of anilines is 3. The zero-order chi connectivity index (χ0) is 50.0. The number of hydrogen-bond donors (Lipinski definition) is 3. The van der Waals surface area contributed by atoms with Crippen LogP contribution >= 0.6 is 0 Å². The summed E-state index contributed by atoms with van der Waals surface area (Å²) in [5.74, 6) is 3.19. The number of nitrogens with zero attached hydrogens (tertiary/aromatic N) is 5. The van der Waals surface area contributed by atoms with Crippen molar-refractivity contribution in [3.8, 4) is 11.5 Å². The monoisotopic (exact) mass is 953 g/mol. The van der Waals surface area contributed by atoms with Crippen molar-refractivity contribution in [2.45, 2.75) is 139 Å². The number of esters is 1. The van der Waals surface area contributed by atoms with Gasteiger partial charge in [-0.3, -0.25) is 24.4 Å². The molecule has 15 heteroatoms. The Labute approximate surface area is 428 Å². The minimum absolute atomic E-state index is 0. The molecule has 2 saturated carbocycles.